The van der Waals surface area contributed by atoms with Crippen molar-refractivity contribution < 1.29 is 29.0 Å². The maximum atomic E-state index is 13.3. The molecule has 4 rings (SSSR count). The number of carbonyl (C=O) groups is 3. The summed E-state index contributed by atoms with van der Waals surface area (Å²) in [5.41, 5.74) is 3.18. The molecule has 0 radical (unpaired) electrons. The van der Waals surface area contributed by atoms with Crippen LogP contribution in [0.1, 0.15) is 52.5 Å². The van der Waals surface area contributed by atoms with Crippen LogP contribution >= 0.6 is 0 Å². The van der Waals surface area contributed by atoms with Crippen molar-refractivity contribution in [2.45, 2.75) is 39.5 Å². The number of methoxy groups -OCH3 is 1. The van der Waals surface area contributed by atoms with E-state index in [9.17, 15) is 19.5 Å². The van der Waals surface area contributed by atoms with Crippen LogP contribution in [0.4, 0.5) is 0 Å². The Kier molecular flexibility index (Phi) is 7.43. The van der Waals surface area contributed by atoms with Crippen LogP contribution in [0.2, 0.25) is 0 Å². The molecule has 0 aliphatic carbocycles. The number of aryl methyl sites for hydroxylation is 1. The molecule has 1 saturated heterocycles. The van der Waals surface area contributed by atoms with Crippen molar-refractivity contribution in [2.24, 2.45) is 0 Å². The van der Waals surface area contributed by atoms with E-state index in [1.54, 1.807) is 48.5 Å². The van der Waals surface area contributed by atoms with Crippen LogP contribution in [-0.2, 0) is 20.9 Å². The fourth-order valence-corrected chi connectivity index (χ4v) is 4.44. The third-order valence-corrected chi connectivity index (χ3v) is 6.25. The van der Waals surface area contributed by atoms with Crippen LogP contribution in [0.5, 0.6) is 5.75 Å². The molecule has 1 unspecified atom stereocenters. The number of rotatable bonds is 7. The highest BCUT2D eigenvalue weighted by Crippen LogP contribution is 2.41. The van der Waals surface area contributed by atoms with Crippen LogP contribution < -0.4 is 4.74 Å². The lowest BCUT2D eigenvalue weighted by Crippen LogP contribution is -2.29. The molecule has 3 aromatic rings. The zero-order chi connectivity index (χ0) is 26.7. The van der Waals surface area contributed by atoms with Crippen LogP contribution in [0, 0.1) is 6.92 Å². The van der Waals surface area contributed by atoms with Crippen LogP contribution in [0.15, 0.2) is 78.4 Å². The summed E-state index contributed by atoms with van der Waals surface area (Å²) in [6.45, 7) is 5.85. The molecule has 1 N–H and O–H groups in total. The third kappa shape index (κ3) is 5.26. The second kappa shape index (κ2) is 10.7. The number of amides is 1. The second-order valence-electron chi connectivity index (χ2n) is 9.16. The Bertz CT molecular complexity index is 1360. The highest BCUT2D eigenvalue weighted by molar-refractivity contribution is 6.46. The number of Topliss-reactive ketones (excluding diaryl/α,β-unsaturated/α-hetero) is 1. The maximum absolute atomic E-state index is 13.3. The minimum absolute atomic E-state index is 0.00693. The molecule has 190 valence electrons. The number of aliphatic hydroxyl groups is 1. The van der Waals surface area contributed by atoms with E-state index in [4.69, 9.17) is 9.47 Å². The quantitative estimate of drug-likeness (QED) is 0.208. The Balaban J connectivity index is 1.77. The lowest BCUT2D eigenvalue weighted by molar-refractivity contribution is -0.140. The van der Waals surface area contributed by atoms with Gasteiger partial charge in [0.15, 0.2) is 0 Å². The molecular weight excluding hydrogens is 470 g/mol. The van der Waals surface area contributed by atoms with Crippen LogP contribution in [0.25, 0.3) is 5.76 Å². The highest BCUT2D eigenvalue weighted by Gasteiger charge is 2.46. The molecule has 1 amide bonds. The Morgan fingerprint density at radius 2 is 1.57 bits per heavy atom. The number of hydrogen-bond acceptors (Lipinski definition) is 6. The van der Waals surface area contributed by atoms with Crippen molar-refractivity contribution in [3.05, 3.63) is 106 Å². The Morgan fingerprint density at radius 1 is 0.946 bits per heavy atom. The maximum Gasteiger partial charge on any atom is 0.337 e. The number of esters is 1. The average Bonchev–Trinajstić information content (AvgIpc) is 3.13. The molecule has 37 heavy (non-hydrogen) atoms. The van der Waals surface area contributed by atoms with Gasteiger partial charge in [0.1, 0.15) is 11.5 Å². The number of nitrogens with zero attached hydrogens (tertiary/aromatic N) is 1. The fraction of sp³-hybridized carbons (Fsp3) is 0.233. The predicted molar refractivity (Wildman–Crippen MR) is 139 cm³/mol. The van der Waals surface area contributed by atoms with E-state index in [0.717, 1.165) is 16.7 Å². The van der Waals surface area contributed by atoms with E-state index in [2.05, 4.69) is 0 Å². The number of likely N-dealkylation sites (tertiary alicyclic amines) is 1. The summed E-state index contributed by atoms with van der Waals surface area (Å²) in [7, 11) is 1.31. The largest absolute Gasteiger partial charge is 0.507 e. The molecule has 1 aliphatic heterocycles. The first-order chi connectivity index (χ1) is 17.7. The molecule has 3 aromatic carbocycles. The van der Waals surface area contributed by atoms with Gasteiger partial charge in [-0.05, 0) is 73.9 Å². The zero-order valence-corrected chi connectivity index (χ0v) is 21.2. The normalized spacial score (nSPS) is 16.8. The molecule has 1 atom stereocenters. The number of hydrogen-bond donors (Lipinski definition) is 1. The minimum Gasteiger partial charge on any atom is -0.507 e. The van der Waals surface area contributed by atoms with Gasteiger partial charge in [-0.25, -0.2) is 4.79 Å². The Morgan fingerprint density at radius 3 is 2.16 bits per heavy atom. The van der Waals surface area contributed by atoms with Gasteiger partial charge in [-0.2, -0.15) is 0 Å². The van der Waals surface area contributed by atoms with Crippen LogP contribution in [-0.4, -0.2) is 40.9 Å². The van der Waals surface area contributed by atoms with Gasteiger partial charge in [0.25, 0.3) is 11.7 Å². The monoisotopic (exact) mass is 499 g/mol. The summed E-state index contributed by atoms with van der Waals surface area (Å²) in [6, 6.07) is 20.1. The molecule has 1 aliphatic rings. The lowest BCUT2D eigenvalue weighted by Gasteiger charge is -2.26. The topological polar surface area (TPSA) is 93.1 Å². The van der Waals surface area contributed by atoms with Gasteiger partial charge < -0.3 is 19.5 Å². The summed E-state index contributed by atoms with van der Waals surface area (Å²) < 4.78 is 10.4. The van der Waals surface area contributed by atoms with E-state index < -0.39 is 23.7 Å². The van der Waals surface area contributed by atoms with Crippen molar-refractivity contribution >= 4 is 23.4 Å². The first-order valence-corrected chi connectivity index (χ1v) is 12.0. The molecule has 0 spiro atoms. The Hall–Kier alpha value is -4.39. The first kappa shape index (κ1) is 25.7. The van der Waals surface area contributed by atoms with Crippen LogP contribution in [0.3, 0.4) is 0 Å². The number of benzene rings is 3. The van der Waals surface area contributed by atoms with Crippen molar-refractivity contribution in [2.75, 3.05) is 7.11 Å². The van der Waals surface area contributed by atoms with E-state index in [1.807, 2.05) is 45.0 Å². The number of ether oxygens (including phenoxy) is 2. The molecule has 0 bridgehead atoms. The second-order valence-corrected chi connectivity index (χ2v) is 9.16. The predicted octanol–water partition coefficient (Wildman–Crippen LogP) is 5.19. The van der Waals surface area contributed by atoms with Crippen molar-refractivity contribution in [3.8, 4) is 5.75 Å². The molecule has 1 heterocycles. The van der Waals surface area contributed by atoms with E-state index in [0.29, 0.717) is 16.9 Å². The smallest absolute Gasteiger partial charge is 0.337 e. The number of aliphatic hydroxyl groups excluding tert-OH is 1. The SMILES string of the molecule is COC(=O)c1ccc(CN2C(=O)C(=O)/C(=C(/O)c3ccc(OC(C)C)cc3)C2c2ccccc2C)cc1. The van der Waals surface area contributed by atoms with Gasteiger partial charge in [0, 0.05) is 12.1 Å². The van der Waals surface area contributed by atoms with Crippen molar-refractivity contribution in [1.82, 2.24) is 4.90 Å². The van der Waals surface area contributed by atoms with Gasteiger partial charge in [0.05, 0.1) is 30.4 Å². The molecular formula is C30H29NO6. The average molecular weight is 500 g/mol. The van der Waals surface area contributed by atoms with Gasteiger partial charge in [0.2, 0.25) is 0 Å². The molecule has 0 aromatic heterocycles. The Labute approximate surface area is 215 Å². The van der Waals surface area contributed by atoms with Gasteiger partial charge in [-0.1, -0.05) is 36.4 Å². The standard InChI is InChI=1S/C30H29NO6/c1-18(2)37-23-15-13-21(14-16-23)27(32)25-26(24-8-6-5-7-19(24)3)31(29(34)28(25)33)17-20-9-11-22(12-10-20)30(35)36-4/h5-16,18,26,32H,17H2,1-4H3/b27-25+. The van der Waals surface area contributed by atoms with Gasteiger partial charge in [-0.15, -0.1) is 0 Å². The lowest BCUT2D eigenvalue weighted by atomic mass is 9.92. The summed E-state index contributed by atoms with van der Waals surface area (Å²) in [5.74, 6) is -1.52. The molecule has 0 saturated carbocycles. The summed E-state index contributed by atoms with van der Waals surface area (Å²) >= 11 is 0. The minimum atomic E-state index is -0.784. The van der Waals surface area contributed by atoms with E-state index in [-0.39, 0.29) is 24.0 Å². The molecule has 7 nitrogen and oxygen atoms in total. The van der Waals surface area contributed by atoms with E-state index >= 15 is 0 Å². The third-order valence-electron chi connectivity index (χ3n) is 6.25. The number of ketones is 1. The number of carbonyl (C=O) groups excluding carboxylic acids is 3. The van der Waals surface area contributed by atoms with Crippen molar-refractivity contribution in [1.29, 1.82) is 0 Å². The van der Waals surface area contributed by atoms with E-state index in [1.165, 1.54) is 12.0 Å². The summed E-state index contributed by atoms with van der Waals surface area (Å²) in [5, 5.41) is 11.3. The fourth-order valence-electron chi connectivity index (χ4n) is 4.44. The van der Waals surface area contributed by atoms with Crippen molar-refractivity contribution in [3.63, 3.8) is 0 Å². The molecule has 7 heteroatoms. The summed E-state index contributed by atoms with van der Waals surface area (Å²) in [4.78, 5) is 39.9. The molecule has 1 fully saturated rings. The highest BCUT2D eigenvalue weighted by atomic mass is 16.5. The van der Waals surface area contributed by atoms with Gasteiger partial charge >= 0.3 is 5.97 Å². The first-order valence-electron chi connectivity index (χ1n) is 12.0. The van der Waals surface area contributed by atoms with Gasteiger partial charge in [-0.3, -0.25) is 9.59 Å². The summed E-state index contributed by atoms with van der Waals surface area (Å²) in [6.07, 6.45) is -0.00693. The zero-order valence-electron chi connectivity index (χ0n) is 21.2.